The second kappa shape index (κ2) is 11.0. The fourth-order valence-corrected chi connectivity index (χ4v) is 2.56. The average Bonchev–Trinajstić information content (AvgIpc) is 2.66. The molecule has 0 atom stereocenters. The van der Waals surface area contributed by atoms with Crippen molar-refractivity contribution < 1.29 is 0 Å². The number of halogens is 2. The number of benzene rings is 2. The molecule has 0 bridgehead atoms. The summed E-state index contributed by atoms with van der Waals surface area (Å²) >= 11 is 11.9. The number of hydrogen-bond donors (Lipinski definition) is 0. The summed E-state index contributed by atoms with van der Waals surface area (Å²) in [5.41, 5.74) is 4.00. The number of allylic oxidation sites excluding steroid dienone is 2. The SMILES string of the molecule is CC(C)C(/C=C/c1ccc(Cl)cc1)=N\N=C(\C=C\c1ccc(Cl)cc1)C(C)C. The quantitative estimate of drug-likeness (QED) is 0.326. The van der Waals surface area contributed by atoms with Crippen LogP contribution in [0.3, 0.4) is 0 Å². The molecule has 0 saturated heterocycles. The molecule has 28 heavy (non-hydrogen) atoms. The smallest absolute Gasteiger partial charge is 0.0656 e. The molecule has 0 aliphatic heterocycles. The van der Waals surface area contributed by atoms with Crippen molar-refractivity contribution in [3.8, 4) is 0 Å². The molecule has 0 N–H and O–H groups in total. The van der Waals surface area contributed by atoms with E-state index in [9.17, 15) is 0 Å². The fraction of sp³-hybridized carbons (Fsp3) is 0.250. The van der Waals surface area contributed by atoms with Crippen LogP contribution in [0.2, 0.25) is 10.0 Å². The first-order chi connectivity index (χ1) is 13.3. The molecule has 0 aliphatic carbocycles. The summed E-state index contributed by atoms with van der Waals surface area (Å²) in [6.07, 6.45) is 8.09. The maximum absolute atomic E-state index is 5.94. The Morgan fingerprint density at radius 3 is 1.25 bits per heavy atom. The Hall–Kier alpha value is -2.16. The lowest BCUT2D eigenvalue weighted by molar-refractivity contribution is 0.864. The van der Waals surface area contributed by atoms with E-state index < -0.39 is 0 Å². The summed E-state index contributed by atoms with van der Waals surface area (Å²) in [6, 6.07) is 15.4. The predicted molar refractivity (Wildman–Crippen MR) is 126 cm³/mol. The highest BCUT2D eigenvalue weighted by Gasteiger charge is 2.04. The molecular formula is C24H26Cl2N2. The van der Waals surface area contributed by atoms with E-state index in [1.165, 1.54) is 0 Å². The summed E-state index contributed by atoms with van der Waals surface area (Å²) in [7, 11) is 0. The minimum atomic E-state index is 0.265. The van der Waals surface area contributed by atoms with Crippen molar-refractivity contribution in [2.24, 2.45) is 22.0 Å². The summed E-state index contributed by atoms with van der Waals surface area (Å²) in [6.45, 7) is 8.44. The zero-order valence-corrected chi connectivity index (χ0v) is 18.2. The normalized spacial score (nSPS) is 13.4. The Kier molecular flexibility index (Phi) is 8.69. The molecule has 0 fully saturated rings. The highest BCUT2D eigenvalue weighted by molar-refractivity contribution is 6.30. The third kappa shape index (κ3) is 7.46. The maximum atomic E-state index is 5.94. The van der Waals surface area contributed by atoms with Gasteiger partial charge in [-0.3, -0.25) is 0 Å². The Morgan fingerprint density at radius 2 is 0.964 bits per heavy atom. The van der Waals surface area contributed by atoms with E-state index in [0.717, 1.165) is 32.6 Å². The molecular weight excluding hydrogens is 387 g/mol. The molecule has 2 nitrogen and oxygen atoms in total. The van der Waals surface area contributed by atoms with Gasteiger partial charge in [-0.1, -0.05) is 87.3 Å². The van der Waals surface area contributed by atoms with Crippen LogP contribution < -0.4 is 0 Å². The Labute approximate surface area is 178 Å². The monoisotopic (exact) mass is 412 g/mol. The van der Waals surface area contributed by atoms with Gasteiger partial charge in [0, 0.05) is 10.0 Å². The zero-order chi connectivity index (χ0) is 20.5. The van der Waals surface area contributed by atoms with E-state index in [1.807, 2.05) is 72.8 Å². The number of hydrogen-bond acceptors (Lipinski definition) is 2. The van der Waals surface area contributed by atoms with Crippen LogP contribution in [-0.4, -0.2) is 11.4 Å². The summed E-state index contributed by atoms with van der Waals surface area (Å²) in [5, 5.41) is 10.5. The molecule has 0 saturated carbocycles. The molecule has 0 unspecified atom stereocenters. The molecule has 2 rings (SSSR count). The van der Waals surface area contributed by atoms with Crippen LogP contribution in [0, 0.1) is 11.8 Å². The van der Waals surface area contributed by atoms with Crippen molar-refractivity contribution in [1.29, 1.82) is 0 Å². The largest absolute Gasteiger partial charge is 0.155 e. The van der Waals surface area contributed by atoms with Crippen LogP contribution in [0.1, 0.15) is 38.8 Å². The number of rotatable bonds is 7. The van der Waals surface area contributed by atoms with Gasteiger partial charge in [-0.05, 0) is 59.4 Å². The van der Waals surface area contributed by atoms with Gasteiger partial charge >= 0.3 is 0 Å². The molecule has 0 heterocycles. The third-order valence-corrected chi connectivity index (χ3v) is 4.60. The van der Waals surface area contributed by atoms with Crippen LogP contribution in [0.5, 0.6) is 0 Å². The Bertz CT molecular complexity index is 796. The van der Waals surface area contributed by atoms with Crippen molar-refractivity contribution in [1.82, 2.24) is 0 Å². The van der Waals surface area contributed by atoms with Crippen molar-refractivity contribution >= 4 is 46.8 Å². The predicted octanol–water partition coefficient (Wildman–Crippen LogP) is 7.83. The van der Waals surface area contributed by atoms with E-state index in [4.69, 9.17) is 23.2 Å². The summed E-state index contributed by atoms with van der Waals surface area (Å²) < 4.78 is 0. The molecule has 4 heteroatoms. The van der Waals surface area contributed by atoms with Gasteiger partial charge in [0.2, 0.25) is 0 Å². The first-order valence-corrected chi connectivity index (χ1v) is 10.1. The van der Waals surface area contributed by atoms with Crippen LogP contribution in [-0.2, 0) is 0 Å². The van der Waals surface area contributed by atoms with Gasteiger partial charge in [-0.15, -0.1) is 0 Å². The van der Waals surface area contributed by atoms with Crippen molar-refractivity contribution in [3.63, 3.8) is 0 Å². The van der Waals surface area contributed by atoms with Crippen LogP contribution >= 0.6 is 23.2 Å². The highest BCUT2D eigenvalue weighted by Crippen LogP contribution is 2.13. The molecule has 0 aromatic heterocycles. The first kappa shape index (κ1) is 22.1. The van der Waals surface area contributed by atoms with Crippen LogP contribution in [0.15, 0.2) is 70.9 Å². The lowest BCUT2D eigenvalue weighted by Gasteiger charge is -2.06. The lowest BCUT2D eigenvalue weighted by atomic mass is 10.1. The van der Waals surface area contributed by atoms with Gasteiger partial charge in [0.25, 0.3) is 0 Å². The van der Waals surface area contributed by atoms with E-state index in [-0.39, 0.29) is 11.8 Å². The average molecular weight is 413 g/mol. The molecule has 2 aromatic rings. The highest BCUT2D eigenvalue weighted by atomic mass is 35.5. The Balaban J connectivity index is 2.22. The minimum absolute atomic E-state index is 0.265. The van der Waals surface area contributed by atoms with Gasteiger partial charge in [0.05, 0.1) is 11.4 Å². The van der Waals surface area contributed by atoms with E-state index in [1.54, 1.807) is 0 Å². The Morgan fingerprint density at radius 1 is 0.643 bits per heavy atom. The number of nitrogens with zero attached hydrogens (tertiary/aromatic N) is 2. The molecule has 0 radical (unpaired) electrons. The van der Waals surface area contributed by atoms with Gasteiger partial charge in [0.1, 0.15) is 0 Å². The second-order valence-corrected chi connectivity index (χ2v) is 8.00. The first-order valence-electron chi connectivity index (χ1n) is 9.38. The third-order valence-electron chi connectivity index (χ3n) is 4.10. The van der Waals surface area contributed by atoms with Crippen molar-refractivity contribution in [3.05, 3.63) is 81.9 Å². The van der Waals surface area contributed by atoms with Gasteiger partial charge < -0.3 is 0 Å². The van der Waals surface area contributed by atoms with Gasteiger partial charge in [0.15, 0.2) is 0 Å². The lowest BCUT2D eigenvalue weighted by Crippen LogP contribution is -2.06. The summed E-state index contributed by atoms with van der Waals surface area (Å²) in [5.74, 6) is 0.530. The molecule has 146 valence electrons. The molecule has 0 aliphatic rings. The zero-order valence-electron chi connectivity index (χ0n) is 16.7. The van der Waals surface area contributed by atoms with Gasteiger partial charge in [-0.25, -0.2) is 0 Å². The van der Waals surface area contributed by atoms with Crippen molar-refractivity contribution in [2.75, 3.05) is 0 Å². The van der Waals surface area contributed by atoms with Crippen LogP contribution in [0.25, 0.3) is 12.2 Å². The molecule has 2 aromatic carbocycles. The molecule has 0 amide bonds. The minimum Gasteiger partial charge on any atom is -0.155 e. The fourth-order valence-electron chi connectivity index (χ4n) is 2.31. The van der Waals surface area contributed by atoms with Gasteiger partial charge in [-0.2, -0.15) is 10.2 Å². The van der Waals surface area contributed by atoms with E-state index in [2.05, 4.69) is 37.9 Å². The second-order valence-electron chi connectivity index (χ2n) is 7.13. The van der Waals surface area contributed by atoms with E-state index in [0.29, 0.717) is 0 Å². The molecule has 0 spiro atoms. The van der Waals surface area contributed by atoms with Crippen LogP contribution in [0.4, 0.5) is 0 Å². The van der Waals surface area contributed by atoms with E-state index >= 15 is 0 Å². The standard InChI is InChI=1S/C24H26Cl2N2/c1-17(2)23(15-9-19-5-11-21(25)12-6-19)27-28-24(18(3)4)16-10-20-7-13-22(26)14-8-20/h5-18H,1-4H3/b15-9+,16-10+,27-23-,28-24-. The maximum Gasteiger partial charge on any atom is 0.0656 e. The topological polar surface area (TPSA) is 24.7 Å². The summed E-state index contributed by atoms with van der Waals surface area (Å²) in [4.78, 5) is 0. The van der Waals surface area contributed by atoms with Crippen molar-refractivity contribution in [2.45, 2.75) is 27.7 Å².